The predicted octanol–water partition coefficient (Wildman–Crippen LogP) is 1.38. The van der Waals surface area contributed by atoms with E-state index in [1.807, 2.05) is 62.4 Å². The first-order chi connectivity index (χ1) is 22.7. The molecular formula is C33H43N5O9. The van der Waals surface area contributed by atoms with Crippen LogP contribution in [-0.2, 0) is 51.4 Å². The lowest BCUT2D eigenvalue weighted by molar-refractivity contribution is -0.151. The van der Waals surface area contributed by atoms with Gasteiger partial charge in [0.1, 0.15) is 45.2 Å². The van der Waals surface area contributed by atoms with Crippen molar-refractivity contribution in [3.63, 3.8) is 0 Å². The van der Waals surface area contributed by atoms with Crippen LogP contribution in [0.1, 0.15) is 44.2 Å². The van der Waals surface area contributed by atoms with E-state index in [0.717, 1.165) is 11.1 Å². The Labute approximate surface area is 273 Å². The molecule has 1 aliphatic heterocycles. The summed E-state index contributed by atoms with van der Waals surface area (Å²) < 4.78 is 15.4. The zero-order chi connectivity index (χ0) is 34.0. The largest absolute Gasteiger partial charge is 0.459 e. The molecule has 1 heterocycles. The van der Waals surface area contributed by atoms with Crippen molar-refractivity contribution in [1.82, 2.24) is 26.2 Å². The summed E-state index contributed by atoms with van der Waals surface area (Å²) in [5.74, 6) is -2.89. The predicted molar refractivity (Wildman–Crippen MR) is 169 cm³/mol. The van der Waals surface area contributed by atoms with E-state index >= 15 is 0 Å². The summed E-state index contributed by atoms with van der Waals surface area (Å²) in [6.07, 6.45) is 0.766. The van der Waals surface area contributed by atoms with Gasteiger partial charge in [0, 0.05) is 6.54 Å². The molecule has 0 bridgehead atoms. The fourth-order valence-corrected chi connectivity index (χ4v) is 4.70. The Hall–Kier alpha value is -4.98. The number of benzene rings is 2. The fourth-order valence-electron chi connectivity index (χ4n) is 4.70. The lowest BCUT2D eigenvalue weighted by atomic mass is 9.97. The van der Waals surface area contributed by atoms with Crippen molar-refractivity contribution < 1.29 is 43.0 Å². The maximum atomic E-state index is 13.3. The van der Waals surface area contributed by atoms with Crippen molar-refractivity contribution in [3.05, 3.63) is 71.8 Å². The smallest absolute Gasteiger partial charge is 0.407 e. The Morgan fingerprint density at radius 1 is 0.851 bits per heavy atom. The fraction of sp³-hybridized carbons (Fsp3) is 0.455. The van der Waals surface area contributed by atoms with Crippen LogP contribution >= 0.6 is 0 Å². The van der Waals surface area contributed by atoms with Gasteiger partial charge < -0.3 is 40.4 Å². The summed E-state index contributed by atoms with van der Waals surface area (Å²) in [4.78, 5) is 76.5. The molecule has 2 unspecified atom stereocenters. The normalized spacial score (nSPS) is 15.1. The third-order valence-electron chi connectivity index (χ3n) is 7.52. The first kappa shape index (κ1) is 36.5. The highest BCUT2D eigenvalue weighted by Gasteiger charge is 2.36. The lowest BCUT2D eigenvalue weighted by Crippen LogP contribution is -2.56. The maximum absolute atomic E-state index is 13.3. The Morgan fingerprint density at radius 3 is 2.13 bits per heavy atom. The van der Waals surface area contributed by atoms with Crippen LogP contribution in [0, 0.1) is 5.92 Å². The third-order valence-corrected chi connectivity index (χ3v) is 7.52. The van der Waals surface area contributed by atoms with Crippen molar-refractivity contribution in [2.24, 2.45) is 5.92 Å². The first-order valence-corrected chi connectivity index (χ1v) is 15.5. The number of carbonyl (C=O) groups excluding carboxylic acids is 6. The van der Waals surface area contributed by atoms with Gasteiger partial charge in [-0.3, -0.25) is 19.2 Å². The van der Waals surface area contributed by atoms with Crippen molar-refractivity contribution in [1.29, 1.82) is 0 Å². The number of alkyl carbamates (subject to hydrolysis) is 1. The van der Waals surface area contributed by atoms with Gasteiger partial charge in [0.15, 0.2) is 0 Å². The summed E-state index contributed by atoms with van der Waals surface area (Å²) in [6, 6.07) is 16.5. The van der Waals surface area contributed by atoms with Gasteiger partial charge in [0.2, 0.25) is 23.6 Å². The molecule has 0 saturated carbocycles. The van der Waals surface area contributed by atoms with Crippen LogP contribution < -0.4 is 21.3 Å². The first-order valence-electron chi connectivity index (χ1n) is 15.5. The van der Waals surface area contributed by atoms with Crippen LogP contribution in [-0.4, -0.2) is 85.6 Å². The van der Waals surface area contributed by atoms with Crippen LogP contribution in [0.4, 0.5) is 4.79 Å². The molecule has 2 aromatic carbocycles. The number of ether oxygens (including phenoxy) is 3. The summed E-state index contributed by atoms with van der Waals surface area (Å²) in [7, 11) is 0. The Morgan fingerprint density at radius 2 is 1.49 bits per heavy atom. The molecule has 4 N–H and O–H groups in total. The number of nitrogens with one attached hydrogen (secondary N) is 4. The number of nitrogens with zero attached hydrogens (tertiary/aromatic N) is 1. The number of hydrogen-bond acceptors (Lipinski definition) is 9. The van der Waals surface area contributed by atoms with Crippen molar-refractivity contribution >= 4 is 35.7 Å². The van der Waals surface area contributed by atoms with E-state index in [1.54, 1.807) is 12.1 Å². The second-order valence-corrected chi connectivity index (χ2v) is 11.0. The van der Waals surface area contributed by atoms with Crippen LogP contribution in [0.2, 0.25) is 0 Å². The van der Waals surface area contributed by atoms with Crippen molar-refractivity contribution in [2.45, 2.75) is 58.4 Å². The molecule has 3 atom stereocenters. The molecule has 1 saturated heterocycles. The van der Waals surface area contributed by atoms with Crippen molar-refractivity contribution in [3.8, 4) is 0 Å². The molecule has 1 aliphatic rings. The minimum absolute atomic E-state index is 0.0462. The highest BCUT2D eigenvalue weighted by molar-refractivity contribution is 5.94. The molecule has 14 nitrogen and oxygen atoms in total. The van der Waals surface area contributed by atoms with Crippen LogP contribution in [0.15, 0.2) is 60.7 Å². The van der Waals surface area contributed by atoms with Gasteiger partial charge in [-0.15, -0.1) is 0 Å². The summed E-state index contributed by atoms with van der Waals surface area (Å²) in [5.41, 5.74) is 1.63. The zero-order valence-electron chi connectivity index (χ0n) is 26.7. The number of esters is 1. The van der Waals surface area contributed by atoms with E-state index in [4.69, 9.17) is 14.2 Å². The SMILES string of the molecule is CCC(C)C(NC(=O)[C@@H]1CCCN1C(=O)CNC(=O)CNC(=O)OCc1ccccc1)C(=O)NCOCC(=O)OCc1ccccc1. The van der Waals surface area contributed by atoms with E-state index in [0.29, 0.717) is 25.8 Å². The highest BCUT2D eigenvalue weighted by atomic mass is 16.6. The van der Waals surface area contributed by atoms with Crippen LogP contribution in [0.25, 0.3) is 0 Å². The van der Waals surface area contributed by atoms with Gasteiger partial charge in [-0.2, -0.15) is 0 Å². The monoisotopic (exact) mass is 653 g/mol. The van der Waals surface area contributed by atoms with Crippen molar-refractivity contribution in [2.75, 3.05) is 33.0 Å². The molecule has 5 amide bonds. The summed E-state index contributed by atoms with van der Waals surface area (Å²) in [5, 5.41) is 10.1. The van der Waals surface area contributed by atoms with Crippen LogP contribution in [0.5, 0.6) is 0 Å². The molecule has 0 radical (unpaired) electrons. The van der Waals surface area contributed by atoms with Crippen LogP contribution in [0.3, 0.4) is 0 Å². The number of likely N-dealkylation sites (tertiary alicyclic amines) is 1. The van der Waals surface area contributed by atoms with E-state index < -0.39 is 54.3 Å². The highest BCUT2D eigenvalue weighted by Crippen LogP contribution is 2.19. The average molecular weight is 654 g/mol. The Bertz CT molecular complexity index is 1340. The van der Waals surface area contributed by atoms with E-state index in [2.05, 4.69) is 21.3 Å². The number of carbonyl (C=O) groups is 6. The van der Waals surface area contributed by atoms with E-state index in [1.165, 1.54) is 4.90 Å². The molecule has 3 rings (SSSR count). The van der Waals surface area contributed by atoms with Gasteiger partial charge in [-0.1, -0.05) is 80.9 Å². The quantitative estimate of drug-likeness (QED) is 0.111. The molecule has 47 heavy (non-hydrogen) atoms. The van der Waals surface area contributed by atoms with Gasteiger partial charge in [-0.05, 0) is 29.9 Å². The number of amides is 5. The molecule has 1 fully saturated rings. The second kappa shape index (κ2) is 19.5. The Balaban J connectivity index is 1.39. The van der Waals surface area contributed by atoms with Gasteiger partial charge in [-0.25, -0.2) is 9.59 Å². The molecule has 0 spiro atoms. The minimum atomic E-state index is -0.911. The molecule has 254 valence electrons. The molecule has 0 aliphatic carbocycles. The van der Waals surface area contributed by atoms with Gasteiger partial charge in [0.05, 0.1) is 6.54 Å². The average Bonchev–Trinajstić information content (AvgIpc) is 3.59. The Kier molecular flexibility index (Phi) is 15.2. The molecular weight excluding hydrogens is 610 g/mol. The molecule has 2 aromatic rings. The van der Waals surface area contributed by atoms with E-state index in [-0.39, 0.29) is 39.0 Å². The maximum Gasteiger partial charge on any atom is 0.407 e. The number of hydrogen-bond donors (Lipinski definition) is 4. The topological polar surface area (TPSA) is 181 Å². The van der Waals surface area contributed by atoms with Gasteiger partial charge >= 0.3 is 12.1 Å². The molecule has 0 aromatic heterocycles. The van der Waals surface area contributed by atoms with Gasteiger partial charge in [0.25, 0.3) is 0 Å². The second-order valence-electron chi connectivity index (χ2n) is 11.0. The summed E-state index contributed by atoms with van der Waals surface area (Å²) in [6.45, 7) is 2.75. The minimum Gasteiger partial charge on any atom is -0.459 e. The molecule has 14 heteroatoms. The standard InChI is InChI=1S/C33H43N5O9/c1-3-23(2)30(32(43)36-22-45-21-29(41)46-19-24-11-6-4-7-12-24)37-31(42)26-15-10-16-38(26)28(40)18-34-27(39)17-35-33(44)47-20-25-13-8-5-9-14-25/h4-9,11-14,23,26,30H,3,10,15-22H2,1-2H3,(H,34,39)(H,35,44)(H,36,43)(H,37,42)/t23?,26-,30?/m0/s1. The summed E-state index contributed by atoms with van der Waals surface area (Å²) >= 11 is 0. The lowest BCUT2D eigenvalue weighted by Gasteiger charge is -2.28. The van der Waals surface area contributed by atoms with E-state index in [9.17, 15) is 28.8 Å². The zero-order valence-corrected chi connectivity index (χ0v) is 26.7. The third kappa shape index (κ3) is 12.7. The number of rotatable bonds is 17.